The van der Waals surface area contributed by atoms with E-state index in [0.717, 1.165) is 18.3 Å². The topological polar surface area (TPSA) is 66.6 Å². The molecule has 0 radical (unpaired) electrons. The zero-order chi connectivity index (χ0) is 22.3. The second kappa shape index (κ2) is 7.40. The highest BCUT2D eigenvalue weighted by atomic mass is 19.4. The van der Waals surface area contributed by atoms with Crippen LogP contribution in [0.15, 0.2) is 30.5 Å². The highest BCUT2D eigenvalue weighted by molar-refractivity contribution is 5.50. The van der Waals surface area contributed by atoms with Gasteiger partial charge in [-0.05, 0) is 19.1 Å². The van der Waals surface area contributed by atoms with Crippen LogP contribution in [-0.4, -0.2) is 36.2 Å². The SMILES string of the molecule is Cc1cc(N)cnc1OC(c1cccc2c1OCCO2)C(F)(F)C(F)(F)C(F)(F)F. The average Bonchev–Trinajstić information content (AvgIpc) is 2.66. The van der Waals surface area contributed by atoms with Gasteiger partial charge in [0, 0.05) is 11.1 Å². The van der Waals surface area contributed by atoms with Gasteiger partial charge in [0.05, 0.1) is 11.9 Å². The van der Waals surface area contributed by atoms with E-state index in [2.05, 4.69) is 4.98 Å². The van der Waals surface area contributed by atoms with Crippen molar-refractivity contribution in [2.24, 2.45) is 0 Å². The maximum Gasteiger partial charge on any atom is 0.460 e. The Kier molecular flexibility index (Phi) is 5.37. The molecule has 1 aromatic heterocycles. The third kappa shape index (κ3) is 3.65. The van der Waals surface area contributed by atoms with Gasteiger partial charge in [-0.25, -0.2) is 4.98 Å². The third-order valence-electron chi connectivity index (χ3n) is 4.26. The second-order valence-corrected chi connectivity index (χ2v) is 6.46. The number of rotatable bonds is 5. The molecule has 30 heavy (non-hydrogen) atoms. The van der Waals surface area contributed by atoms with Crippen molar-refractivity contribution in [2.75, 3.05) is 18.9 Å². The minimum absolute atomic E-state index is 0.0374. The maximum atomic E-state index is 14.8. The molecule has 1 atom stereocenters. The Morgan fingerprint density at radius 2 is 1.73 bits per heavy atom. The van der Waals surface area contributed by atoms with Crippen molar-refractivity contribution in [2.45, 2.75) is 31.0 Å². The van der Waals surface area contributed by atoms with Crippen LogP contribution in [0.25, 0.3) is 0 Å². The molecular weight excluding hydrogens is 425 g/mol. The Hall–Kier alpha value is -2.92. The van der Waals surface area contributed by atoms with Gasteiger partial charge in [0.15, 0.2) is 17.6 Å². The highest BCUT2D eigenvalue weighted by Gasteiger charge is 2.76. The smallest absolute Gasteiger partial charge is 0.460 e. The molecule has 0 saturated heterocycles. The number of halogens is 7. The molecule has 1 unspecified atom stereocenters. The van der Waals surface area contributed by atoms with Crippen LogP contribution in [-0.2, 0) is 0 Å². The quantitative estimate of drug-likeness (QED) is 0.683. The highest BCUT2D eigenvalue weighted by Crippen LogP contribution is 2.55. The Labute approximate surface area is 165 Å². The van der Waals surface area contributed by atoms with Crippen molar-refractivity contribution >= 4 is 5.69 Å². The Balaban J connectivity index is 2.17. The number of aromatic nitrogens is 1. The predicted octanol–water partition coefficient (Wildman–Crippen LogP) is 4.70. The lowest BCUT2D eigenvalue weighted by atomic mass is 9.96. The summed E-state index contributed by atoms with van der Waals surface area (Å²) in [5.41, 5.74) is 4.91. The van der Waals surface area contributed by atoms with Gasteiger partial charge in [0.2, 0.25) is 5.88 Å². The summed E-state index contributed by atoms with van der Waals surface area (Å²) in [6.45, 7) is 1.22. The second-order valence-electron chi connectivity index (χ2n) is 6.46. The summed E-state index contributed by atoms with van der Waals surface area (Å²) in [5, 5.41) is 0. The number of nitrogen functional groups attached to an aromatic ring is 1. The molecule has 1 aromatic carbocycles. The number of pyridine rings is 1. The molecule has 1 aliphatic rings. The average molecular weight is 440 g/mol. The van der Waals surface area contributed by atoms with Gasteiger partial charge in [0.1, 0.15) is 13.2 Å². The Bertz CT molecular complexity index is 934. The molecule has 0 amide bonds. The molecule has 3 rings (SSSR count). The molecule has 2 aromatic rings. The van der Waals surface area contributed by atoms with E-state index in [1.54, 1.807) is 0 Å². The molecule has 0 saturated carbocycles. The van der Waals surface area contributed by atoms with E-state index in [0.29, 0.717) is 0 Å². The molecule has 12 heteroatoms. The lowest BCUT2D eigenvalue weighted by molar-refractivity contribution is -0.370. The van der Waals surface area contributed by atoms with Gasteiger partial charge >= 0.3 is 18.0 Å². The molecule has 0 aliphatic carbocycles. The zero-order valence-electron chi connectivity index (χ0n) is 15.3. The summed E-state index contributed by atoms with van der Waals surface area (Å²) in [4.78, 5) is 3.63. The standard InChI is InChI=1S/C18H15F7N2O3/c1-9-7-10(26)8-27-15(9)30-14(16(19,20)17(21,22)18(23,24)25)11-3-2-4-12-13(11)29-6-5-28-12/h2-4,7-8,14H,5-6,26H2,1H3. The number of nitrogens with two attached hydrogens (primary N) is 1. The lowest BCUT2D eigenvalue weighted by Crippen LogP contribution is -2.56. The predicted molar refractivity (Wildman–Crippen MR) is 90.1 cm³/mol. The number of ether oxygens (including phenoxy) is 3. The number of hydrogen-bond acceptors (Lipinski definition) is 5. The van der Waals surface area contributed by atoms with E-state index in [9.17, 15) is 30.7 Å². The minimum atomic E-state index is -6.55. The Morgan fingerprint density at radius 3 is 2.37 bits per heavy atom. The molecule has 2 N–H and O–H groups in total. The number of fused-ring (bicyclic) bond motifs is 1. The summed E-state index contributed by atoms with van der Waals surface area (Å²) in [5.74, 6) is -13.3. The van der Waals surface area contributed by atoms with Crippen molar-refractivity contribution in [1.29, 1.82) is 0 Å². The largest absolute Gasteiger partial charge is 0.486 e. The normalized spacial score (nSPS) is 15.6. The van der Waals surface area contributed by atoms with Gasteiger partial charge in [-0.15, -0.1) is 0 Å². The first kappa shape index (κ1) is 21.8. The zero-order valence-corrected chi connectivity index (χ0v) is 15.3. The van der Waals surface area contributed by atoms with E-state index >= 15 is 0 Å². The first-order valence-electron chi connectivity index (χ1n) is 8.46. The number of para-hydroxylation sites is 1. The van der Waals surface area contributed by atoms with Crippen molar-refractivity contribution in [3.63, 3.8) is 0 Å². The fourth-order valence-electron chi connectivity index (χ4n) is 2.81. The van der Waals surface area contributed by atoms with Crippen molar-refractivity contribution in [3.05, 3.63) is 41.6 Å². The molecule has 0 bridgehead atoms. The van der Waals surface area contributed by atoms with Gasteiger partial charge in [-0.3, -0.25) is 0 Å². The van der Waals surface area contributed by atoms with Crippen molar-refractivity contribution in [1.82, 2.24) is 4.98 Å². The van der Waals surface area contributed by atoms with Gasteiger partial charge < -0.3 is 19.9 Å². The van der Waals surface area contributed by atoms with E-state index in [1.807, 2.05) is 0 Å². The number of nitrogens with zero attached hydrogens (tertiary/aromatic N) is 1. The van der Waals surface area contributed by atoms with Crippen LogP contribution in [0.4, 0.5) is 36.4 Å². The third-order valence-corrected chi connectivity index (χ3v) is 4.26. The van der Waals surface area contributed by atoms with E-state index in [1.165, 1.54) is 19.1 Å². The minimum Gasteiger partial charge on any atom is -0.486 e. The molecular formula is C18H15F7N2O3. The summed E-state index contributed by atoms with van der Waals surface area (Å²) in [6.07, 6.45) is -8.67. The maximum absolute atomic E-state index is 14.8. The van der Waals surface area contributed by atoms with Crippen LogP contribution in [0.2, 0.25) is 0 Å². The number of benzene rings is 1. The molecule has 0 fully saturated rings. The van der Waals surface area contributed by atoms with Crippen LogP contribution in [0.1, 0.15) is 17.2 Å². The molecule has 2 heterocycles. The Morgan fingerprint density at radius 1 is 1.07 bits per heavy atom. The van der Waals surface area contributed by atoms with E-state index < -0.39 is 41.3 Å². The van der Waals surface area contributed by atoms with Crippen LogP contribution in [0.5, 0.6) is 17.4 Å². The van der Waals surface area contributed by atoms with Gasteiger partial charge in [-0.2, -0.15) is 30.7 Å². The molecule has 0 spiro atoms. The van der Waals surface area contributed by atoms with E-state index in [4.69, 9.17) is 19.9 Å². The number of anilines is 1. The fourth-order valence-corrected chi connectivity index (χ4v) is 2.81. The van der Waals surface area contributed by atoms with Crippen LogP contribution >= 0.6 is 0 Å². The fraction of sp³-hybridized carbons (Fsp3) is 0.389. The summed E-state index contributed by atoms with van der Waals surface area (Å²) in [7, 11) is 0. The molecule has 5 nitrogen and oxygen atoms in total. The summed E-state index contributed by atoms with van der Waals surface area (Å²) >= 11 is 0. The first-order chi connectivity index (χ1) is 13.9. The summed E-state index contributed by atoms with van der Waals surface area (Å²) < 4.78 is 111. The monoisotopic (exact) mass is 440 g/mol. The van der Waals surface area contributed by atoms with Crippen LogP contribution in [0, 0.1) is 6.92 Å². The van der Waals surface area contributed by atoms with Gasteiger partial charge in [-0.1, -0.05) is 12.1 Å². The number of hydrogen-bond donors (Lipinski definition) is 1. The number of aryl methyl sites for hydroxylation is 1. The van der Waals surface area contributed by atoms with Crippen molar-refractivity contribution in [3.8, 4) is 17.4 Å². The van der Waals surface area contributed by atoms with Crippen molar-refractivity contribution < 1.29 is 44.9 Å². The summed E-state index contributed by atoms with van der Waals surface area (Å²) in [6, 6.07) is 4.57. The molecule has 164 valence electrons. The first-order valence-corrected chi connectivity index (χ1v) is 8.46. The van der Waals surface area contributed by atoms with Crippen LogP contribution in [0.3, 0.4) is 0 Å². The van der Waals surface area contributed by atoms with Gasteiger partial charge in [0.25, 0.3) is 0 Å². The molecule has 1 aliphatic heterocycles. The van der Waals surface area contributed by atoms with Crippen LogP contribution < -0.4 is 19.9 Å². The lowest BCUT2D eigenvalue weighted by Gasteiger charge is -2.35. The van der Waals surface area contributed by atoms with E-state index in [-0.39, 0.29) is 30.2 Å². The number of alkyl halides is 7.